The van der Waals surface area contributed by atoms with Crippen molar-refractivity contribution >= 4 is 16.9 Å². The molecule has 3 aromatic rings. The van der Waals surface area contributed by atoms with Gasteiger partial charge >= 0.3 is 0 Å². The maximum Gasteiger partial charge on any atom is 0.290 e. The molecular weight excluding hydrogens is 422 g/mol. The molecule has 1 aliphatic heterocycles. The van der Waals surface area contributed by atoms with E-state index in [2.05, 4.69) is 0 Å². The fraction of sp³-hybridized carbons (Fsp3) is 0.385. The number of carbonyl (C=O) groups is 1. The molecule has 2 aromatic carbocycles. The van der Waals surface area contributed by atoms with Crippen molar-refractivity contribution < 1.29 is 23.8 Å². The van der Waals surface area contributed by atoms with Gasteiger partial charge in [0.05, 0.1) is 30.2 Å². The number of benzene rings is 2. The Morgan fingerprint density at radius 2 is 1.76 bits per heavy atom. The lowest BCUT2D eigenvalue weighted by Crippen LogP contribution is -2.31. The summed E-state index contributed by atoms with van der Waals surface area (Å²) in [4.78, 5) is 28.7. The minimum Gasteiger partial charge on any atom is -0.490 e. The summed E-state index contributed by atoms with van der Waals surface area (Å²) in [7, 11) is 0. The minimum atomic E-state index is -0.643. The second-order valence-corrected chi connectivity index (χ2v) is 8.18. The smallest absolute Gasteiger partial charge is 0.290 e. The third kappa shape index (κ3) is 3.97. The summed E-state index contributed by atoms with van der Waals surface area (Å²) in [6, 6.07) is 8.55. The van der Waals surface area contributed by atoms with Crippen molar-refractivity contribution in [1.29, 1.82) is 0 Å². The van der Waals surface area contributed by atoms with E-state index >= 15 is 0 Å². The number of aliphatic hydroxyl groups excluding tert-OH is 1. The monoisotopic (exact) mass is 451 g/mol. The normalized spacial score (nSPS) is 15.2. The molecule has 2 heterocycles. The van der Waals surface area contributed by atoms with Gasteiger partial charge in [0.1, 0.15) is 5.58 Å². The predicted molar refractivity (Wildman–Crippen MR) is 125 cm³/mol. The van der Waals surface area contributed by atoms with Gasteiger partial charge in [-0.05, 0) is 69.0 Å². The Kier molecular flexibility index (Phi) is 6.42. The molecule has 4 rings (SSSR count). The third-order valence-electron chi connectivity index (χ3n) is 5.84. The largest absolute Gasteiger partial charge is 0.490 e. The molecule has 174 valence electrons. The van der Waals surface area contributed by atoms with E-state index in [1.807, 2.05) is 45.9 Å². The molecule has 1 amide bonds. The van der Waals surface area contributed by atoms with Gasteiger partial charge < -0.3 is 23.9 Å². The molecule has 0 fully saturated rings. The van der Waals surface area contributed by atoms with Gasteiger partial charge in [0.15, 0.2) is 16.9 Å². The molecule has 1 N–H and O–H groups in total. The molecule has 0 radical (unpaired) electrons. The van der Waals surface area contributed by atoms with Crippen LogP contribution < -0.4 is 14.9 Å². The Bertz CT molecular complexity index is 1260. The van der Waals surface area contributed by atoms with Crippen LogP contribution in [0, 0.1) is 13.8 Å². The first-order valence-electron chi connectivity index (χ1n) is 11.3. The van der Waals surface area contributed by atoms with E-state index in [1.165, 1.54) is 0 Å². The lowest BCUT2D eigenvalue weighted by Gasteiger charge is -2.25. The van der Waals surface area contributed by atoms with E-state index in [-0.39, 0.29) is 30.2 Å². The molecule has 0 spiro atoms. The summed E-state index contributed by atoms with van der Waals surface area (Å²) in [5.74, 6) is 0.867. The first-order valence-corrected chi connectivity index (χ1v) is 11.3. The molecule has 1 aliphatic rings. The van der Waals surface area contributed by atoms with Gasteiger partial charge in [-0.1, -0.05) is 12.1 Å². The van der Waals surface area contributed by atoms with Crippen LogP contribution >= 0.6 is 0 Å². The Morgan fingerprint density at radius 3 is 2.45 bits per heavy atom. The van der Waals surface area contributed by atoms with Gasteiger partial charge in [0.2, 0.25) is 5.76 Å². The van der Waals surface area contributed by atoms with E-state index in [9.17, 15) is 14.7 Å². The molecule has 0 aliphatic carbocycles. The van der Waals surface area contributed by atoms with E-state index in [1.54, 1.807) is 17.0 Å². The predicted octanol–water partition coefficient (Wildman–Crippen LogP) is 4.13. The molecular formula is C26H29NO6. The van der Waals surface area contributed by atoms with Crippen molar-refractivity contribution in [1.82, 2.24) is 4.90 Å². The highest BCUT2D eigenvalue weighted by Crippen LogP contribution is 2.41. The highest BCUT2D eigenvalue weighted by atomic mass is 16.5. The summed E-state index contributed by atoms with van der Waals surface area (Å²) in [6.45, 7) is 8.73. The highest BCUT2D eigenvalue weighted by Gasteiger charge is 2.42. The quantitative estimate of drug-likeness (QED) is 0.554. The zero-order valence-corrected chi connectivity index (χ0v) is 19.4. The van der Waals surface area contributed by atoms with Crippen molar-refractivity contribution in [3.8, 4) is 11.5 Å². The minimum absolute atomic E-state index is 0.0641. The van der Waals surface area contributed by atoms with Crippen molar-refractivity contribution in [3.63, 3.8) is 0 Å². The number of carbonyl (C=O) groups excluding carboxylic acids is 1. The Labute approximate surface area is 192 Å². The second-order valence-electron chi connectivity index (χ2n) is 8.18. The summed E-state index contributed by atoms with van der Waals surface area (Å²) in [5, 5.41) is 9.87. The molecule has 1 aromatic heterocycles. The maximum absolute atomic E-state index is 13.7. The van der Waals surface area contributed by atoms with Gasteiger partial charge in [0.25, 0.3) is 5.91 Å². The van der Waals surface area contributed by atoms with E-state index < -0.39 is 6.04 Å². The van der Waals surface area contributed by atoms with E-state index in [4.69, 9.17) is 13.9 Å². The van der Waals surface area contributed by atoms with E-state index in [0.29, 0.717) is 47.7 Å². The lowest BCUT2D eigenvalue weighted by atomic mass is 9.97. The lowest BCUT2D eigenvalue weighted by molar-refractivity contribution is 0.0716. The fourth-order valence-electron chi connectivity index (χ4n) is 4.53. The molecule has 0 saturated carbocycles. The molecule has 7 heteroatoms. The standard InChI is InChI=1S/C26H29NO6/c1-5-31-19-9-8-17(14-20(19)32-6-2)22-21-23(29)18-13-15(3)12-16(4)24(18)33-25(21)26(30)27(22)10-7-11-28/h8-9,12-14,22,28H,5-7,10-11H2,1-4H3. The molecule has 1 atom stereocenters. The number of hydrogen-bond acceptors (Lipinski definition) is 6. The summed E-state index contributed by atoms with van der Waals surface area (Å²) >= 11 is 0. The molecule has 0 bridgehead atoms. The van der Waals surface area contributed by atoms with Crippen molar-refractivity contribution in [2.75, 3.05) is 26.4 Å². The van der Waals surface area contributed by atoms with Crippen LogP contribution in [0.1, 0.15) is 59.1 Å². The van der Waals surface area contributed by atoms with E-state index in [0.717, 1.165) is 16.7 Å². The first-order chi connectivity index (χ1) is 15.9. The average Bonchev–Trinajstić information content (AvgIpc) is 3.06. The topological polar surface area (TPSA) is 89.2 Å². The Morgan fingerprint density at radius 1 is 1.03 bits per heavy atom. The maximum atomic E-state index is 13.7. The molecule has 7 nitrogen and oxygen atoms in total. The third-order valence-corrected chi connectivity index (χ3v) is 5.84. The zero-order chi connectivity index (χ0) is 23.7. The van der Waals surface area contributed by atoms with Crippen LogP contribution in [0.3, 0.4) is 0 Å². The van der Waals surface area contributed by atoms with Crippen LogP contribution in [0.4, 0.5) is 0 Å². The van der Waals surface area contributed by atoms with Gasteiger partial charge in [-0.2, -0.15) is 0 Å². The molecule has 0 saturated heterocycles. The van der Waals surface area contributed by atoms with Gasteiger partial charge in [0, 0.05) is 13.2 Å². The number of rotatable bonds is 8. The van der Waals surface area contributed by atoms with Crippen molar-refractivity contribution in [2.45, 2.75) is 40.2 Å². The van der Waals surface area contributed by atoms with Crippen LogP contribution in [0.2, 0.25) is 0 Å². The highest BCUT2D eigenvalue weighted by molar-refractivity contribution is 5.99. The molecule has 33 heavy (non-hydrogen) atoms. The number of hydrogen-bond donors (Lipinski definition) is 1. The van der Waals surface area contributed by atoms with Crippen molar-refractivity contribution in [3.05, 3.63) is 68.6 Å². The van der Waals surface area contributed by atoms with Crippen LogP contribution in [0.15, 0.2) is 39.5 Å². The van der Waals surface area contributed by atoms with Crippen molar-refractivity contribution in [2.24, 2.45) is 0 Å². The number of nitrogens with zero attached hydrogens (tertiary/aromatic N) is 1. The van der Waals surface area contributed by atoms with Crippen LogP contribution in [0.5, 0.6) is 11.5 Å². The van der Waals surface area contributed by atoms with Crippen LogP contribution in [-0.4, -0.2) is 42.3 Å². The summed E-state index contributed by atoms with van der Waals surface area (Å²) in [5.41, 5.74) is 3.02. The summed E-state index contributed by atoms with van der Waals surface area (Å²) in [6.07, 6.45) is 0.386. The molecule has 1 unspecified atom stereocenters. The van der Waals surface area contributed by atoms with Crippen LogP contribution in [0.25, 0.3) is 11.0 Å². The Balaban J connectivity index is 1.95. The number of aryl methyl sites for hydroxylation is 2. The Hall–Kier alpha value is -3.32. The van der Waals surface area contributed by atoms with Crippen LogP contribution in [-0.2, 0) is 0 Å². The summed E-state index contributed by atoms with van der Waals surface area (Å²) < 4.78 is 17.5. The average molecular weight is 452 g/mol. The van der Waals surface area contributed by atoms with Gasteiger partial charge in [-0.3, -0.25) is 9.59 Å². The first kappa shape index (κ1) is 22.9. The van der Waals surface area contributed by atoms with Gasteiger partial charge in [-0.25, -0.2) is 0 Å². The number of amides is 1. The number of ether oxygens (including phenoxy) is 2. The zero-order valence-electron chi connectivity index (χ0n) is 19.4. The number of fused-ring (bicyclic) bond motifs is 2. The fourth-order valence-corrected chi connectivity index (χ4v) is 4.53. The second kappa shape index (κ2) is 9.27. The number of aliphatic hydroxyl groups is 1. The SMILES string of the molecule is CCOc1ccc(C2c3c(oc4c(C)cc(C)cc4c3=O)C(=O)N2CCCO)cc1OCC. The van der Waals surface area contributed by atoms with Gasteiger partial charge in [-0.15, -0.1) is 0 Å².